The summed E-state index contributed by atoms with van der Waals surface area (Å²) < 4.78 is 0. The molecule has 0 radical (unpaired) electrons. The maximum absolute atomic E-state index is 9.17. The minimum absolute atomic E-state index is 0.0964. The molecule has 0 fully saturated rings. The molecule has 0 aliphatic heterocycles. The van der Waals surface area contributed by atoms with Crippen LogP contribution in [0, 0.1) is 12.3 Å². The van der Waals surface area contributed by atoms with E-state index in [4.69, 9.17) is 6.42 Å². The highest BCUT2D eigenvalue weighted by atomic mass is 16.3. The Kier molecular flexibility index (Phi) is 7.29. The van der Waals surface area contributed by atoms with Gasteiger partial charge in [0.1, 0.15) is 0 Å². The van der Waals surface area contributed by atoms with Gasteiger partial charge in [0.2, 0.25) is 0 Å². The molecule has 0 aliphatic carbocycles. The normalized spacial score (nSPS) is 12.5. The van der Waals surface area contributed by atoms with Gasteiger partial charge < -0.3 is 5.11 Å². The first-order valence-corrected chi connectivity index (χ1v) is 4.42. The second kappa shape index (κ2) is 7.63. The van der Waals surface area contributed by atoms with E-state index in [0.29, 0.717) is 0 Å². The molecule has 0 aromatic rings. The molecule has 1 nitrogen and oxygen atoms in total. The summed E-state index contributed by atoms with van der Waals surface area (Å²) in [5, 5.41) is 9.17. The topological polar surface area (TPSA) is 20.2 Å². The smallest absolute Gasteiger partial charge is 0.0537 e. The van der Waals surface area contributed by atoms with Crippen molar-refractivity contribution in [1.82, 2.24) is 0 Å². The first-order valence-electron chi connectivity index (χ1n) is 4.42. The summed E-state index contributed by atoms with van der Waals surface area (Å²) >= 11 is 0. The molecule has 11 heavy (non-hydrogen) atoms. The van der Waals surface area contributed by atoms with Gasteiger partial charge in [-0.1, -0.05) is 19.8 Å². The Morgan fingerprint density at radius 2 is 2.09 bits per heavy atom. The molecule has 0 aliphatic rings. The highest BCUT2D eigenvalue weighted by molar-refractivity contribution is 4.82. The zero-order valence-electron chi connectivity index (χ0n) is 7.34. The van der Waals surface area contributed by atoms with Gasteiger partial charge in [0, 0.05) is 6.42 Å². The number of aliphatic hydroxyl groups is 1. The molecule has 1 N–H and O–H groups in total. The van der Waals surface area contributed by atoms with Gasteiger partial charge >= 0.3 is 0 Å². The van der Waals surface area contributed by atoms with Gasteiger partial charge in [0.05, 0.1) is 6.10 Å². The van der Waals surface area contributed by atoms with Gasteiger partial charge in [-0.2, -0.15) is 0 Å². The van der Waals surface area contributed by atoms with Crippen LogP contribution in [-0.4, -0.2) is 11.2 Å². The van der Waals surface area contributed by atoms with Crippen LogP contribution in [0.5, 0.6) is 0 Å². The molecule has 0 spiro atoms. The summed E-state index contributed by atoms with van der Waals surface area (Å²) in [6.45, 7) is 2.01. The molecule has 0 bridgehead atoms. The van der Waals surface area contributed by atoms with Crippen LogP contribution in [-0.2, 0) is 0 Å². The van der Waals surface area contributed by atoms with Crippen molar-refractivity contribution >= 4 is 0 Å². The summed E-state index contributed by atoms with van der Waals surface area (Å²) in [6.07, 6.45) is 11.0. The highest BCUT2D eigenvalue weighted by Gasteiger charge is 1.98. The van der Waals surface area contributed by atoms with E-state index >= 15 is 0 Å². The van der Waals surface area contributed by atoms with Crippen LogP contribution in [0.3, 0.4) is 0 Å². The van der Waals surface area contributed by atoms with Crippen LogP contribution in [0.15, 0.2) is 0 Å². The SMILES string of the molecule is C#CCCCCCC(O)CC. The van der Waals surface area contributed by atoms with Crippen molar-refractivity contribution in [3.05, 3.63) is 0 Å². The van der Waals surface area contributed by atoms with E-state index < -0.39 is 0 Å². The average molecular weight is 154 g/mol. The minimum atomic E-state index is -0.0964. The molecule has 0 rings (SSSR count). The molecular weight excluding hydrogens is 136 g/mol. The van der Waals surface area contributed by atoms with Crippen molar-refractivity contribution in [3.63, 3.8) is 0 Å². The first-order chi connectivity index (χ1) is 5.31. The second-order valence-corrected chi connectivity index (χ2v) is 2.87. The van der Waals surface area contributed by atoms with Crippen LogP contribution in [0.2, 0.25) is 0 Å². The summed E-state index contributed by atoms with van der Waals surface area (Å²) in [4.78, 5) is 0. The lowest BCUT2D eigenvalue weighted by Gasteiger charge is -2.05. The van der Waals surface area contributed by atoms with E-state index in [1.165, 1.54) is 0 Å². The van der Waals surface area contributed by atoms with E-state index in [1.807, 2.05) is 6.92 Å². The number of terminal acetylenes is 1. The van der Waals surface area contributed by atoms with E-state index in [-0.39, 0.29) is 6.10 Å². The molecule has 0 saturated heterocycles. The lowest BCUT2D eigenvalue weighted by Crippen LogP contribution is -2.03. The van der Waals surface area contributed by atoms with Gasteiger partial charge in [0.15, 0.2) is 0 Å². The standard InChI is InChI=1S/C10H18O/c1-3-5-6-7-8-9-10(11)4-2/h1,10-11H,4-9H2,2H3. The molecule has 0 amide bonds. The monoisotopic (exact) mass is 154 g/mol. The lowest BCUT2D eigenvalue weighted by atomic mass is 10.1. The predicted octanol–water partition coefficient (Wildman–Crippen LogP) is 2.34. The number of rotatable bonds is 6. The third-order valence-electron chi connectivity index (χ3n) is 1.83. The Morgan fingerprint density at radius 1 is 1.36 bits per heavy atom. The Labute approximate surface area is 69.8 Å². The van der Waals surface area contributed by atoms with Crippen molar-refractivity contribution in [3.8, 4) is 12.3 Å². The summed E-state index contributed by atoms with van der Waals surface area (Å²) in [5.74, 6) is 2.61. The summed E-state index contributed by atoms with van der Waals surface area (Å²) in [6, 6.07) is 0. The Hall–Kier alpha value is -0.480. The predicted molar refractivity (Wildman–Crippen MR) is 48.2 cm³/mol. The number of unbranched alkanes of at least 4 members (excludes halogenated alkanes) is 3. The third-order valence-corrected chi connectivity index (χ3v) is 1.83. The van der Waals surface area contributed by atoms with Crippen LogP contribution >= 0.6 is 0 Å². The molecule has 1 atom stereocenters. The molecule has 64 valence electrons. The molecule has 1 heteroatoms. The number of hydrogen-bond acceptors (Lipinski definition) is 1. The van der Waals surface area contributed by atoms with Crippen LogP contribution in [0.1, 0.15) is 45.4 Å². The fourth-order valence-corrected chi connectivity index (χ4v) is 0.988. The van der Waals surface area contributed by atoms with Gasteiger partial charge in [-0.05, 0) is 19.3 Å². The van der Waals surface area contributed by atoms with Crippen molar-refractivity contribution < 1.29 is 5.11 Å². The van der Waals surface area contributed by atoms with Crippen molar-refractivity contribution in [2.75, 3.05) is 0 Å². The van der Waals surface area contributed by atoms with Crippen molar-refractivity contribution in [1.29, 1.82) is 0 Å². The lowest BCUT2D eigenvalue weighted by molar-refractivity contribution is 0.156. The quantitative estimate of drug-likeness (QED) is 0.460. The van der Waals surface area contributed by atoms with E-state index in [0.717, 1.165) is 38.5 Å². The summed E-state index contributed by atoms with van der Waals surface area (Å²) in [7, 11) is 0. The van der Waals surface area contributed by atoms with E-state index in [2.05, 4.69) is 5.92 Å². The van der Waals surface area contributed by atoms with Gasteiger partial charge in [-0.25, -0.2) is 0 Å². The third kappa shape index (κ3) is 7.42. The van der Waals surface area contributed by atoms with Gasteiger partial charge in [0.25, 0.3) is 0 Å². The first kappa shape index (κ1) is 10.5. The number of aliphatic hydroxyl groups excluding tert-OH is 1. The van der Waals surface area contributed by atoms with Crippen LogP contribution in [0.4, 0.5) is 0 Å². The van der Waals surface area contributed by atoms with E-state index in [9.17, 15) is 5.11 Å². The second-order valence-electron chi connectivity index (χ2n) is 2.87. The Morgan fingerprint density at radius 3 is 2.64 bits per heavy atom. The molecule has 0 saturated carbocycles. The molecule has 0 heterocycles. The number of hydrogen-bond donors (Lipinski definition) is 1. The van der Waals surface area contributed by atoms with Gasteiger partial charge in [-0.3, -0.25) is 0 Å². The van der Waals surface area contributed by atoms with Crippen molar-refractivity contribution in [2.45, 2.75) is 51.6 Å². The molecule has 1 unspecified atom stereocenters. The van der Waals surface area contributed by atoms with Crippen LogP contribution in [0.25, 0.3) is 0 Å². The fraction of sp³-hybridized carbons (Fsp3) is 0.800. The molecule has 0 aromatic carbocycles. The maximum atomic E-state index is 9.17. The Bertz CT molecular complexity index is 113. The molecular formula is C10H18O. The summed E-state index contributed by atoms with van der Waals surface area (Å²) in [5.41, 5.74) is 0. The van der Waals surface area contributed by atoms with Crippen molar-refractivity contribution in [2.24, 2.45) is 0 Å². The van der Waals surface area contributed by atoms with E-state index in [1.54, 1.807) is 0 Å². The minimum Gasteiger partial charge on any atom is -0.393 e. The van der Waals surface area contributed by atoms with Gasteiger partial charge in [-0.15, -0.1) is 12.3 Å². The highest BCUT2D eigenvalue weighted by Crippen LogP contribution is 2.06. The zero-order chi connectivity index (χ0) is 8.53. The maximum Gasteiger partial charge on any atom is 0.0537 e. The average Bonchev–Trinajstić information content (AvgIpc) is 2.04. The largest absolute Gasteiger partial charge is 0.393 e. The zero-order valence-corrected chi connectivity index (χ0v) is 7.34. The fourth-order valence-electron chi connectivity index (χ4n) is 0.988. The molecule has 0 aromatic heterocycles. The Balaban J connectivity index is 2.97. The van der Waals surface area contributed by atoms with Crippen LogP contribution < -0.4 is 0 Å².